The molecule has 2 rings (SSSR count). The number of halogens is 2. The van der Waals surface area contributed by atoms with Gasteiger partial charge < -0.3 is 5.11 Å². The standard InChI is InChI=1S/C15H13F2NO/c16-13-5-1-3-11(9-13)15(19,7-8-18)12-4-2-6-14(17)10-12/h1,3,5-6,9-10,19H,2,4,7H2. The van der Waals surface area contributed by atoms with Gasteiger partial charge in [-0.05, 0) is 48.3 Å². The van der Waals surface area contributed by atoms with Crippen LogP contribution in [0.5, 0.6) is 0 Å². The molecule has 1 unspecified atom stereocenters. The molecule has 98 valence electrons. The third-order valence-corrected chi connectivity index (χ3v) is 3.23. The lowest BCUT2D eigenvalue weighted by atomic mass is 9.80. The average Bonchev–Trinajstić information content (AvgIpc) is 2.39. The van der Waals surface area contributed by atoms with Crippen LogP contribution >= 0.6 is 0 Å². The smallest absolute Gasteiger partial charge is 0.124 e. The first kappa shape index (κ1) is 13.4. The average molecular weight is 261 g/mol. The summed E-state index contributed by atoms with van der Waals surface area (Å²) in [6.45, 7) is 0. The summed E-state index contributed by atoms with van der Waals surface area (Å²) in [6, 6.07) is 7.31. The van der Waals surface area contributed by atoms with Crippen molar-refractivity contribution in [2.75, 3.05) is 0 Å². The molecule has 1 atom stereocenters. The minimum atomic E-state index is -1.64. The largest absolute Gasteiger partial charge is 0.380 e. The van der Waals surface area contributed by atoms with Gasteiger partial charge in [-0.3, -0.25) is 0 Å². The number of benzene rings is 1. The van der Waals surface area contributed by atoms with Crippen molar-refractivity contribution in [1.82, 2.24) is 0 Å². The van der Waals surface area contributed by atoms with Gasteiger partial charge >= 0.3 is 0 Å². The maximum atomic E-state index is 13.3. The lowest BCUT2D eigenvalue weighted by Gasteiger charge is -2.30. The van der Waals surface area contributed by atoms with Gasteiger partial charge in [-0.2, -0.15) is 5.26 Å². The first-order valence-corrected chi connectivity index (χ1v) is 5.98. The minimum Gasteiger partial charge on any atom is -0.380 e. The van der Waals surface area contributed by atoms with E-state index >= 15 is 0 Å². The molecule has 0 fully saturated rings. The predicted octanol–water partition coefficient (Wildman–Crippen LogP) is 3.50. The molecule has 0 saturated carbocycles. The Bertz CT molecular complexity index is 586. The first-order valence-electron chi connectivity index (χ1n) is 5.98. The van der Waals surface area contributed by atoms with Crippen molar-refractivity contribution in [1.29, 1.82) is 5.26 Å². The van der Waals surface area contributed by atoms with E-state index < -0.39 is 17.2 Å². The lowest BCUT2D eigenvalue weighted by molar-refractivity contribution is 0.0766. The summed E-state index contributed by atoms with van der Waals surface area (Å²) in [6.07, 6.45) is 3.31. The molecule has 1 aromatic carbocycles. The van der Waals surface area contributed by atoms with Crippen LogP contribution < -0.4 is 0 Å². The van der Waals surface area contributed by atoms with Crippen LogP contribution in [0.2, 0.25) is 0 Å². The maximum Gasteiger partial charge on any atom is 0.124 e. The summed E-state index contributed by atoms with van der Waals surface area (Å²) >= 11 is 0. The summed E-state index contributed by atoms with van der Waals surface area (Å²) in [4.78, 5) is 0. The number of allylic oxidation sites excluding steroid dienone is 3. The van der Waals surface area contributed by atoms with Crippen LogP contribution in [0, 0.1) is 17.1 Å². The minimum absolute atomic E-state index is 0.241. The number of rotatable bonds is 3. The number of nitrogens with zero attached hydrogens (tertiary/aromatic N) is 1. The molecule has 0 bridgehead atoms. The van der Waals surface area contributed by atoms with Gasteiger partial charge in [-0.25, -0.2) is 8.78 Å². The van der Waals surface area contributed by atoms with E-state index in [9.17, 15) is 13.9 Å². The number of hydrogen-bond donors (Lipinski definition) is 1. The highest BCUT2D eigenvalue weighted by Crippen LogP contribution is 2.38. The molecule has 0 heterocycles. The van der Waals surface area contributed by atoms with Crippen LogP contribution in [-0.2, 0) is 5.60 Å². The molecular formula is C15H13F2NO. The third kappa shape index (κ3) is 2.72. The quantitative estimate of drug-likeness (QED) is 0.905. The Kier molecular flexibility index (Phi) is 3.77. The van der Waals surface area contributed by atoms with Crippen LogP contribution in [0.4, 0.5) is 8.78 Å². The highest BCUT2D eigenvalue weighted by atomic mass is 19.1. The molecule has 0 aromatic heterocycles. The first-order chi connectivity index (χ1) is 9.06. The van der Waals surface area contributed by atoms with Crippen molar-refractivity contribution in [2.45, 2.75) is 24.9 Å². The Morgan fingerprint density at radius 1 is 1.37 bits per heavy atom. The molecule has 0 aliphatic heterocycles. The monoisotopic (exact) mass is 261 g/mol. The lowest BCUT2D eigenvalue weighted by Crippen LogP contribution is -2.29. The van der Waals surface area contributed by atoms with E-state index in [1.807, 2.05) is 6.07 Å². The van der Waals surface area contributed by atoms with Gasteiger partial charge in [0.25, 0.3) is 0 Å². The molecule has 4 heteroatoms. The van der Waals surface area contributed by atoms with Gasteiger partial charge in [0, 0.05) is 0 Å². The second kappa shape index (κ2) is 5.33. The highest BCUT2D eigenvalue weighted by Gasteiger charge is 2.34. The van der Waals surface area contributed by atoms with E-state index in [0.717, 1.165) is 0 Å². The fourth-order valence-corrected chi connectivity index (χ4v) is 2.25. The van der Waals surface area contributed by atoms with Crippen LogP contribution in [0.1, 0.15) is 24.8 Å². The molecule has 0 amide bonds. The molecule has 0 spiro atoms. The van der Waals surface area contributed by atoms with Gasteiger partial charge in [0.05, 0.1) is 12.5 Å². The summed E-state index contributed by atoms with van der Waals surface area (Å²) < 4.78 is 26.6. The number of nitriles is 1. The normalized spacial score (nSPS) is 18.0. The van der Waals surface area contributed by atoms with Crippen LogP contribution in [0.3, 0.4) is 0 Å². The van der Waals surface area contributed by atoms with E-state index in [2.05, 4.69) is 0 Å². The zero-order chi connectivity index (χ0) is 13.9. The predicted molar refractivity (Wildman–Crippen MR) is 67.0 cm³/mol. The summed E-state index contributed by atoms with van der Waals surface area (Å²) in [7, 11) is 0. The molecule has 0 radical (unpaired) electrons. The van der Waals surface area contributed by atoms with Crippen molar-refractivity contribution < 1.29 is 13.9 Å². The Balaban J connectivity index is 2.49. The molecule has 2 nitrogen and oxygen atoms in total. The highest BCUT2D eigenvalue weighted by molar-refractivity contribution is 5.38. The molecule has 1 aliphatic rings. The zero-order valence-electron chi connectivity index (χ0n) is 10.2. The van der Waals surface area contributed by atoms with Crippen molar-refractivity contribution in [3.05, 3.63) is 59.2 Å². The topological polar surface area (TPSA) is 44.0 Å². The van der Waals surface area contributed by atoms with Gasteiger partial charge in [-0.1, -0.05) is 12.1 Å². The number of hydrogen-bond acceptors (Lipinski definition) is 2. The number of aliphatic hydroxyl groups is 1. The van der Waals surface area contributed by atoms with Gasteiger partial charge in [0.2, 0.25) is 0 Å². The van der Waals surface area contributed by atoms with E-state index in [1.165, 1.54) is 36.4 Å². The van der Waals surface area contributed by atoms with Crippen molar-refractivity contribution in [2.24, 2.45) is 0 Å². The molecule has 0 saturated heterocycles. The van der Waals surface area contributed by atoms with E-state index in [-0.39, 0.29) is 12.0 Å². The summed E-state index contributed by atoms with van der Waals surface area (Å²) in [5, 5.41) is 19.6. The summed E-state index contributed by atoms with van der Waals surface area (Å²) in [5.41, 5.74) is -0.961. The van der Waals surface area contributed by atoms with Crippen molar-refractivity contribution in [3.8, 4) is 6.07 Å². The third-order valence-electron chi connectivity index (χ3n) is 3.23. The van der Waals surface area contributed by atoms with E-state index in [0.29, 0.717) is 18.4 Å². The zero-order valence-corrected chi connectivity index (χ0v) is 10.2. The fourth-order valence-electron chi connectivity index (χ4n) is 2.25. The molecular weight excluding hydrogens is 248 g/mol. The fraction of sp³-hybridized carbons (Fsp3) is 0.267. The molecule has 1 N–H and O–H groups in total. The maximum absolute atomic E-state index is 13.3. The Morgan fingerprint density at radius 2 is 2.16 bits per heavy atom. The van der Waals surface area contributed by atoms with E-state index in [4.69, 9.17) is 5.26 Å². The van der Waals surface area contributed by atoms with Crippen molar-refractivity contribution >= 4 is 0 Å². The summed E-state index contributed by atoms with van der Waals surface area (Å²) in [5.74, 6) is -0.935. The van der Waals surface area contributed by atoms with Crippen molar-refractivity contribution in [3.63, 3.8) is 0 Å². The Hall–Kier alpha value is -1.99. The molecule has 1 aromatic rings. The van der Waals surface area contributed by atoms with Gasteiger partial charge in [0.15, 0.2) is 0 Å². The van der Waals surface area contributed by atoms with Gasteiger partial charge in [0.1, 0.15) is 17.2 Å². The Labute approximate surface area is 110 Å². The SMILES string of the molecule is N#CCC(O)(C1=CC(F)=CCC1)c1cccc(F)c1. The van der Waals surface area contributed by atoms with Crippen LogP contribution in [0.15, 0.2) is 47.8 Å². The molecule has 1 aliphatic carbocycles. The van der Waals surface area contributed by atoms with Crippen LogP contribution in [-0.4, -0.2) is 5.11 Å². The molecule has 19 heavy (non-hydrogen) atoms. The Morgan fingerprint density at radius 3 is 2.79 bits per heavy atom. The second-order valence-electron chi connectivity index (χ2n) is 4.50. The van der Waals surface area contributed by atoms with Crippen LogP contribution in [0.25, 0.3) is 0 Å². The van der Waals surface area contributed by atoms with E-state index in [1.54, 1.807) is 0 Å². The second-order valence-corrected chi connectivity index (χ2v) is 4.50. The van der Waals surface area contributed by atoms with Gasteiger partial charge in [-0.15, -0.1) is 0 Å².